The van der Waals surface area contributed by atoms with Crippen LogP contribution in [0.4, 0.5) is 8.78 Å². The monoisotopic (exact) mass is 478 g/mol. The third kappa shape index (κ3) is 5.04. The molecule has 4 aromatic rings. The van der Waals surface area contributed by atoms with Crippen molar-refractivity contribution in [2.75, 3.05) is 0 Å². The maximum Gasteiger partial charge on any atom is 0.339 e. The lowest BCUT2D eigenvalue weighted by molar-refractivity contribution is 0.0693. The van der Waals surface area contributed by atoms with Gasteiger partial charge in [-0.3, -0.25) is 0 Å². The summed E-state index contributed by atoms with van der Waals surface area (Å²) >= 11 is 0. The molecule has 9 heteroatoms. The highest BCUT2D eigenvalue weighted by molar-refractivity contribution is 5.91. The molecule has 0 aliphatic rings. The highest BCUT2D eigenvalue weighted by atomic mass is 19.1. The van der Waals surface area contributed by atoms with Crippen LogP contribution in [-0.2, 0) is 6.54 Å². The molecule has 0 saturated heterocycles. The van der Waals surface area contributed by atoms with Gasteiger partial charge in [-0.1, -0.05) is 30.3 Å². The Morgan fingerprint density at radius 1 is 0.943 bits per heavy atom. The predicted molar refractivity (Wildman–Crippen MR) is 124 cm³/mol. The maximum atomic E-state index is 14.5. The van der Waals surface area contributed by atoms with Crippen LogP contribution in [0.3, 0.4) is 0 Å². The summed E-state index contributed by atoms with van der Waals surface area (Å²) in [5, 5.41) is 19.2. The number of aromatic carboxylic acids is 1. The fourth-order valence-corrected chi connectivity index (χ4v) is 3.37. The molecule has 1 aromatic heterocycles. The minimum atomic E-state index is -1.34. The molecule has 0 fully saturated rings. The number of nitrogens with zero attached hydrogens (tertiary/aromatic N) is 1. The summed E-state index contributed by atoms with van der Waals surface area (Å²) in [6.45, 7) is 1.77. The van der Waals surface area contributed by atoms with E-state index in [1.165, 1.54) is 13.0 Å². The number of rotatable bonds is 7. The number of benzene rings is 3. The van der Waals surface area contributed by atoms with E-state index in [2.05, 4.69) is 4.98 Å². The predicted octanol–water partition coefficient (Wildman–Crippen LogP) is 5.78. The summed E-state index contributed by atoms with van der Waals surface area (Å²) in [7, 11) is 0. The minimum Gasteiger partial charge on any atom is -0.507 e. The van der Waals surface area contributed by atoms with Crippen molar-refractivity contribution < 1.29 is 33.3 Å². The zero-order valence-corrected chi connectivity index (χ0v) is 18.5. The van der Waals surface area contributed by atoms with E-state index in [-0.39, 0.29) is 22.6 Å². The van der Waals surface area contributed by atoms with E-state index in [0.717, 1.165) is 22.8 Å². The molecular weight excluding hydrogens is 458 g/mol. The molecule has 0 unspecified atom stereocenters. The molecule has 0 aliphatic heterocycles. The molecule has 35 heavy (non-hydrogen) atoms. The first-order valence-electron chi connectivity index (χ1n) is 10.4. The molecule has 0 atom stereocenters. The molecule has 4 N–H and O–H groups in total. The fourth-order valence-electron chi connectivity index (χ4n) is 3.37. The third-order valence-corrected chi connectivity index (χ3v) is 5.23. The number of nitrogens with two attached hydrogens (primary N) is 1. The van der Waals surface area contributed by atoms with E-state index in [1.54, 1.807) is 18.2 Å². The van der Waals surface area contributed by atoms with Gasteiger partial charge in [0.1, 0.15) is 22.8 Å². The number of hydrogen-bond acceptors (Lipinski definition) is 6. The van der Waals surface area contributed by atoms with Gasteiger partial charge in [0.2, 0.25) is 0 Å². The van der Waals surface area contributed by atoms with E-state index in [9.17, 15) is 18.7 Å². The van der Waals surface area contributed by atoms with Crippen molar-refractivity contribution in [1.82, 2.24) is 4.98 Å². The van der Waals surface area contributed by atoms with E-state index in [0.29, 0.717) is 12.6 Å². The average molecular weight is 478 g/mol. The number of carboxylic acid groups (broad SMARTS) is 1. The lowest BCUT2D eigenvalue weighted by atomic mass is 10.0. The zero-order chi connectivity index (χ0) is 25.1. The summed E-state index contributed by atoms with van der Waals surface area (Å²) in [6.07, 6.45) is 0. The fraction of sp³-hybridized carbons (Fsp3) is 0.0769. The van der Waals surface area contributed by atoms with Crippen LogP contribution < -0.4 is 15.2 Å². The van der Waals surface area contributed by atoms with Gasteiger partial charge < -0.3 is 25.4 Å². The summed E-state index contributed by atoms with van der Waals surface area (Å²) in [6, 6.07) is 17.3. The number of halogens is 2. The van der Waals surface area contributed by atoms with Gasteiger partial charge in [-0.05, 0) is 53.9 Å². The maximum absolute atomic E-state index is 14.5. The van der Waals surface area contributed by atoms with Crippen LogP contribution in [0.15, 0.2) is 66.7 Å². The van der Waals surface area contributed by atoms with Gasteiger partial charge in [0.25, 0.3) is 11.8 Å². The first-order chi connectivity index (χ1) is 16.8. The van der Waals surface area contributed by atoms with Gasteiger partial charge in [0.15, 0.2) is 11.6 Å². The molecule has 1 heterocycles. The number of carboxylic acids is 1. The van der Waals surface area contributed by atoms with Crippen LogP contribution in [-0.4, -0.2) is 21.2 Å². The molecule has 0 aliphatic carbocycles. The van der Waals surface area contributed by atoms with Crippen molar-refractivity contribution in [3.8, 4) is 40.1 Å². The van der Waals surface area contributed by atoms with Gasteiger partial charge >= 0.3 is 5.97 Å². The Labute approximate surface area is 199 Å². The number of carbonyl (C=O) groups is 1. The van der Waals surface area contributed by atoms with E-state index in [4.69, 9.17) is 20.3 Å². The van der Waals surface area contributed by atoms with Crippen molar-refractivity contribution in [3.05, 3.63) is 95.1 Å². The molecule has 4 rings (SSSR count). The van der Waals surface area contributed by atoms with Gasteiger partial charge in [-0.25, -0.2) is 13.6 Å². The molecule has 0 radical (unpaired) electrons. The molecule has 3 aromatic carbocycles. The Bertz CT molecular complexity index is 1430. The SMILES string of the molecule is Cc1c(Oc2nc(Oc3cccc(-c4cccc(CN)c4)c3)c(F)cc2F)ccc(C(=O)O)c1O. The molecule has 0 amide bonds. The van der Waals surface area contributed by atoms with E-state index in [1.807, 2.05) is 30.3 Å². The van der Waals surface area contributed by atoms with Gasteiger partial charge in [0.05, 0.1) is 0 Å². The van der Waals surface area contributed by atoms with E-state index >= 15 is 0 Å². The van der Waals surface area contributed by atoms with Crippen molar-refractivity contribution in [3.63, 3.8) is 0 Å². The Morgan fingerprint density at radius 2 is 1.60 bits per heavy atom. The number of pyridine rings is 1. The highest BCUT2D eigenvalue weighted by Crippen LogP contribution is 2.36. The summed E-state index contributed by atoms with van der Waals surface area (Å²) in [5.74, 6) is -4.98. The lowest BCUT2D eigenvalue weighted by Crippen LogP contribution is -2.01. The molecule has 0 bridgehead atoms. The van der Waals surface area contributed by atoms with Gasteiger partial charge in [-0.15, -0.1) is 0 Å². The Hall–Kier alpha value is -4.50. The number of phenols is 1. The largest absolute Gasteiger partial charge is 0.507 e. The summed E-state index contributed by atoms with van der Waals surface area (Å²) in [4.78, 5) is 15.0. The highest BCUT2D eigenvalue weighted by Gasteiger charge is 2.20. The normalized spacial score (nSPS) is 10.7. The van der Waals surface area contributed by atoms with Crippen LogP contribution in [0.2, 0.25) is 0 Å². The standard InChI is InChI=1S/C26H20F2N2O5/c1-14-22(9-8-19(23(14)31)26(32)33)35-25-21(28)12-20(27)24(30-25)34-18-7-3-6-17(11-18)16-5-2-4-15(10-16)13-29/h2-12,31H,13,29H2,1H3,(H,32,33). The third-order valence-electron chi connectivity index (χ3n) is 5.23. The smallest absolute Gasteiger partial charge is 0.339 e. The molecule has 7 nitrogen and oxygen atoms in total. The summed E-state index contributed by atoms with van der Waals surface area (Å²) < 4.78 is 39.9. The van der Waals surface area contributed by atoms with Crippen molar-refractivity contribution in [1.29, 1.82) is 0 Å². The second-order valence-corrected chi connectivity index (χ2v) is 7.59. The zero-order valence-electron chi connectivity index (χ0n) is 18.5. The number of hydrogen-bond donors (Lipinski definition) is 3. The lowest BCUT2D eigenvalue weighted by Gasteiger charge is -2.13. The molecule has 178 valence electrons. The van der Waals surface area contributed by atoms with Crippen LogP contribution in [0, 0.1) is 18.6 Å². The first-order valence-corrected chi connectivity index (χ1v) is 10.4. The topological polar surface area (TPSA) is 115 Å². The van der Waals surface area contributed by atoms with Crippen LogP contribution >= 0.6 is 0 Å². The second kappa shape index (κ2) is 9.78. The molecule has 0 saturated carbocycles. The van der Waals surface area contributed by atoms with Gasteiger partial charge in [-0.2, -0.15) is 4.98 Å². The number of aromatic hydroxyl groups is 1. The number of ether oxygens (including phenoxy) is 2. The molecular formula is C26H20F2N2O5. The minimum absolute atomic E-state index is 0.0466. The first kappa shape index (κ1) is 23.7. The van der Waals surface area contributed by atoms with Crippen molar-refractivity contribution >= 4 is 5.97 Å². The van der Waals surface area contributed by atoms with E-state index < -0.39 is 35.1 Å². The summed E-state index contributed by atoms with van der Waals surface area (Å²) in [5.41, 5.74) is 8.03. The van der Waals surface area contributed by atoms with Crippen molar-refractivity contribution in [2.24, 2.45) is 5.73 Å². The second-order valence-electron chi connectivity index (χ2n) is 7.59. The Kier molecular flexibility index (Phi) is 6.61. The quantitative estimate of drug-likeness (QED) is 0.308. The van der Waals surface area contributed by atoms with Gasteiger partial charge in [0, 0.05) is 18.2 Å². The molecule has 0 spiro atoms. The van der Waals surface area contributed by atoms with Crippen LogP contribution in [0.5, 0.6) is 29.0 Å². The average Bonchev–Trinajstić information content (AvgIpc) is 2.85. The Morgan fingerprint density at radius 3 is 2.29 bits per heavy atom. The van der Waals surface area contributed by atoms with Crippen LogP contribution in [0.1, 0.15) is 21.5 Å². The number of aromatic nitrogens is 1. The Balaban J connectivity index is 1.63. The van der Waals surface area contributed by atoms with Crippen LogP contribution in [0.25, 0.3) is 11.1 Å². The van der Waals surface area contributed by atoms with Crippen molar-refractivity contribution in [2.45, 2.75) is 13.5 Å².